The Labute approximate surface area is 179 Å². The van der Waals surface area contributed by atoms with Crippen LogP contribution in [0, 0.1) is 5.82 Å². The van der Waals surface area contributed by atoms with Crippen molar-refractivity contribution >= 4 is 40.1 Å². The molecule has 0 saturated heterocycles. The number of hydrogen-bond acceptors (Lipinski definition) is 2. The van der Waals surface area contributed by atoms with E-state index in [2.05, 4.69) is 0 Å². The molecule has 0 unspecified atom stereocenters. The number of benzene rings is 2. The van der Waals surface area contributed by atoms with Crippen molar-refractivity contribution in [3.05, 3.63) is 69.1 Å². The predicted molar refractivity (Wildman–Crippen MR) is 115 cm³/mol. The zero-order valence-electron chi connectivity index (χ0n) is 16.6. The molecule has 0 aliphatic heterocycles. The second-order valence-electron chi connectivity index (χ2n) is 8.55. The first-order chi connectivity index (χ1) is 13.6. The Morgan fingerprint density at radius 1 is 1.21 bits per heavy atom. The van der Waals surface area contributed by atoms with Crippen LogP contribution >= 0.6 is 23.2 Å². The van der Waals surface area contributed by atoms with Crippen molar-refractivity contribution in [3.8, 4) is 0 Å². The fourth-order valence-corrected chi connectivity index (χ4v) is 4.07. The topological polar surface area (TPSA) is 31.2 Å². The lowest BCUT2D eigenvalue weighted by molar-refractivity contribution is 0.00696. The van der Waals surface area contributed by atoms with E-state index < -0.39 is 11.6 Å². The lowest BCUT2D eigenvalue weighted by Crippen LogP contribution is -2.24. The zero-order valence-corrected chi connectivity index (χ0v) is 18.1. The average Bonchev–Trinajstić information content (AvgIpc) is 3.38. The van der Waals surface area contributed by atoms with Gasteiger partial charge in [0.15, 0.2) is 0 Å². The van der Waals surface area contributed by atoms with E-state index in [1.807, 2.05) is 18.3 Å². The molecule has 3 aromatic rings. The van der Waals surface area contributed by atoms with Crippen molar-refractivity contribution in [2.45, 2.75) is 51.7 Å². The molecule has 0 N–H and O–H groups in total. The second kappa shape index (κ2) is 7.33. The quantitative estimate of drug-likeness (QED) is 0.416. The van der Waals surface area contributed by atoms with Crippen LogP contribution in [0.1, 0.15) is 61.0 Å². The highest BCUT2D eigenvalue weighted by Crippen LogP contribution is 2.42. The van der Waals surface area contributed by atoms with Gasteiger partial charge in [0.25, 0.3) is 0 Å². The van der Waals surface area contributed by atoms with Crippen molar-refractivity contribution in [1.82, 2.24) is 4.57 Å². The van der Waals surface area contributed by atoms with Gasteiger partial charge in [-0.15, -0.1) is 0 Å². The van der Waals surface area contributed by atoms with E-state index in [9.17, 15) is 9.18 Å². The van der Waals surface area contributed by atoms with Crippen LogP contribution in [0.4, 0.5) is 4.39 Å². The lowest BCUT2D eigenvalue weighted by atomic mass is 10.1. The van der Waals surface area contributed by atoms with E-state index in [0.29, 0.717) is 22.0 Å². The Bertz CT molecular complexity index is 1110. The number of carbonyl (C=O) groups excluding carboxylic acids is 1. The zero-order chi connectivity index (χ0) is 20.9. The van der Waals surface area contributed by atoms with Crippen LogP contribution in [0.3, 0.4) is 0 Å². The van der Waals surface area contributed by atoms with Crippen LogP contribution in [0.5, 0.6) is 0 Å². The van der Waals surface area contributed by atoms with Gasteiger partial charge in [0, 0.05) is 22.2 Å². The summed E-state index contributed by atoms with van der Waals surface area (Å²) in [6.45, 7) is 5.62. The van der Waals surface area contributed by atoms with E-state index in [0.717, 1.165) is 23.8 Å². The minimum Gasteiger partial charge on any atom is -0.456 e. The Morgan fingerprint density at radius 3 is 2.59 bits per heavy atom. The van der Waals surface area contributed by atoms with E-state index in [1.165, 1.54) is 0 Å². The maximum absolute atomic E-state index is 14.9. The van der Waals surface area contributed by atoms with Crippen LogP contribution < -0.4 is 0 Å². The monoisotopic (exact) mass is 433 g/mol. The molecule has 0 spiro atoms. The molecule has 1 aliphatic carbocycles. The molecular formula is C23H22Cl2FNO2. The van der Waals surface area contributed by atoms with Crippen molar-refractivity contribution in [2.24, 2.45) is 0 Å². The van der Waals surface area contributed by atoms with E-state index in [1.54, 1.807) is 43.5 Å². The molecule has 152 valence electrons. The number of ether oxygens (including phenoxy) is 1. The predicted octanol–water partition coefficient (Wildman–Crippen LogP) is 6.97. The van der Waals surface area contributed by atoms with Crippen LogP contribution in [0.25, 0.3) is 10.9 Å². The third-order valence-corrected chi connectivity index (χ3v) is 5.80. The SMILES string of the molecule is CC(C)(C)OC(=O)c1ccc(Cl)c(Cn2ccc3cc(C4CC4)cc(F)c32)c1Cl. The molecule has 4 rings (SSSR count). The molecule has 0 amide bonds. The summed E-state index contributed by atoms with van der Waals surface area (Å²) >= 11 is 12.9. The van der Waals surface area contributed by atoms with E-state index >= 15 is 0 Å². The molecule has 1 heterocycles. The molecule has 1 aliphatic rings. The highest BCUT2D eigenvalue weighted by molar-refractivity contribution is 6.38. The van der Waals surface area contributed by atoms with Gasteiger partial charge >= 0.3 is 5.97 Å². The summed E-state index contributed by atoms with van der Waals surface area (Å²) in [6.07, 6.45) is 4.06. The van der Waals surface area contributed by atoms with Gasteiger partial charge in [-0.2, -0.15) is 0 Å². The normalized spacial score (nSPS) is 14.4. The van der Waals surface area contributed by atoms with E-state index in [-0.39, 0.29) is 22.9 Å². The minimum atomic E-state index is -0.640. The molecule has 0 bridgehead atoms. The third kappa shape index (κ3) is 4.15. The van der Waals surface area contributed by atoms with E-state index in [4.69, 9.17) is 27.9 Å². The summed E-state index contributed by atoms with van der Waals surface area (Å²) in [5.74, 6) is -0.297. The van der Waals surface area contributed by atoms with Crippen LogP contribution in [0.15, 0.2) is 36.5 Å². The Hall–Kier alpha value is -2.04. The summed E-state index contributed by atoms with van der Waals surface area (Å²) < 4.78 is 22.1. The molecule has 2 aromatic carbocycles. The van der Waals surface area contributed by atoms with Crippen LogP contribution in [-0.4, -0.2) is 16.1 Å². The first-order valence-corrected chi connectivity index (χ1v) is 10.4. The highest BCUT2D eigenvalue weighted by atomic mass is 35.5. The Balaban J connectivity index is 1.71. The molecular weight excluding hydrogens is 412 g/mol. The summed E-state index contributed by atoms with van der Waals surface area (Å²) in [7, 11) is 0. The molecule has 6 heteroatoms. The van der Waals surface area contributed by atoms with Gasteiger partial charge in [-0.25, -0.2) is 9.18 Å². The first-order valence-electron chi connectivity index (χ1n) is 9.62. The third-order valence-electron chi connectivity index (χ3n) is 5.02. The number of nitrogens with zero attached hydrogens (tertiary/aromatic N) is 1. The lowest BCUT2D eigenvalue weighted by Gasteiger charge is -2.20. The maximum Gasteiger partial charge on any atom is 0.340 e. The molecule has 29 heavy (non-hydrogen) atoms. The van der Waals surface area contributed by atoms with Gasteiger partial charge in [0.1, 0.15) is 11.4 Å². The molecule has 1 aromatic heterocycles. The van der Waals surface area contributed by atoms with Gasteiger partial charge in [0.05, 0.1) is 22.6 Å². The highest BCUT2D eigenvalue weighted by Gasteiger charge is 2.26. The number of fused-ring (bicyclic) bond motifs is 1. The number of hydrogen-bond donors (Lipinski definition) is 0. The van der Waals surface area contributed by atoms with Gasteiger partial charge in [0.2, 0.25) is 0 Å². The summed E-state index contributed by atoms with van der Waals surface area (Å²) in [6, 6.07) is 8.74. The number of aromatic nitrogens is 1. The van der Waals surface area contributed by atoms with Gasteiger partial charge < -0.3 is 9.30 Å². The number of esters is 1. The van der Waals surface area contributed by atoms with Crippen LogP contribution in [0.2, 0.25) is 10.0 Å². The number of halogens is 3. The van der Waals surface area contributed by atoms with Gasteiger partial charge in [-0.3, -0.25) is 0 Å². The summed E-state index contributed by atoms with van der Waals surface area (Å²) in [4.78, 5) is 12.5. The Kier molecular flexibility index (Phi) is 5.12. The Morgan fingerprint density at radius 2 is 1.93 bits per heavy atom. The van der Waals surface area contributed by atoms with Crippen molar-refractivity contribution in [1.29, 1.82) is 0 Å². The fraction of sp³-hybridized carbons (Fsp3) is 0.348. The second-order valence-corrected chi connectivity index (χ2v) is 9.33. The average molecular weight is 434 g/mol. The van der Waals surface area contributed by atoms with Crippen molar-refractivity contribution in [3.63, 3.8) is 0 Å². The molecule has 1 fully saturated rings. The molecule has 0 radical (unpaired) electrons. The first kappa shape index (κ1) is 20.2. The smallest absolute Gasteiger partial charge is 0.340 e. The van der Waals surface area contributed by atoms with Gasteiger partial charge in [-0.1, -0.05) is 23.2 Å². The van der Waals surface area contributed by atoms with Crippen molar-refractivity contribution < 1.29 is 13.9 Å². The van der Waals surface area contributed by atoms with Crippen molar-refractivity contribution in [2.75, 3.05) is 0 Å². The minimum absolute atomic E-state index is 0.226. The van der Waals surface area contributed by atoms with Crippen LogP contribution in [-0.2, 0) is 11.3 Å². The molecule has 0 atom stereocenters. The largest absolute Gasteiger partial charge is 0.456 e. The number of carbonyl (C=O) groups is 1. The fourth-order valence-electron chi connectivity index (χ4n) is 3.50. The van der Waals surface area contributed by atoms with Gasteiger partial charge in [-0.05, 0) is 75.4 Å². The summed E-state index contributed by atoms with van der Waals surface area (Å²) in [5, 5.41) is 1.49. The molecule has 1 saturated carbocycles. The maximum atomic E-state index is 14.9. The standard InChI is InChI=1S/C23H22Cl2FNO2/c1-23(2,3)29-22(28)16-6-7-18(24)17(20(16)25)12-27-9-8-14-10-15(13-4-5-13)11-19(26)21(14)27/h6-11,13H,4-5,12H2,1-3H3. The molecule has 3 nitrogen and oxygen atoms in total. The number of rotatable bonds is 4. The summed E-state index contributed by atoms with van der Waals surface area (Å²) in [5.41, 5.74) is 1.72.